The van der Waals surface area contributed by atoms with Crippen LogP contribution in [0.4, 0.5) is 0 Å². The summed E-state index contributed by atoms with van der Waals surface area (Å²) in [6.45, 7) is 1.77. The van der Waals surface area contributed by atoms with Crippen molar-refractivity contribution in [2.75, 3.05) is 26.6 Å². The molecular formula is C16H28O7S. The van der Waals surface area contributed by atoms with Crippen LogP contribution in [-0.2, 0) is 23.7 Å². The molecule has 0 bridgehead atoms. The summed E-state index contributed by atoms with van der Waals surface area (Å²) < 4.78 is 29.9. The number of ether oxygens (including phenoxy) is 5. The van der Waals surface area contributed by atoms with E-state index in [1.165, 1.54) is 0 Å². The van der Waals surface area contributed by atoms with E-state index in [0.717, 1.165) is 18.6 Å². The maximum atomic E-state index is 10.6. The molecule has 1 spiro atoms. The molecule has 7 nitrogen and oxygen atoms in total. The Morgan fingerprint density at radius 1 is 1.12 bits per heavy atom. The first-order valence-corrected chi connectivity index (χ1v) is 9.63. The number of hydrogen-bond donors (Lipinski definition) is 2. The van der Waals surface area contributed by atoms with Gasteiger partial charge in [-0.15, -0.1) is 11.8 Å². The normalized spacial score (nSPS) is 44.6. The third kappa shape index (κ3) is 2.81. The highest BCUT2D eigenvalue weighted by Gasteiger charge is 2.67. The van der Waals surface area contributed by atoms with Gasteiger partial charge in [0, 0.05) is 27.1 Å². The van der Waals surface area contributed by atoms with Gasteiger partial charge in [-0.05, 0) is 18.6 Å². The van der Waals surface area contributed by atoms with Gasteiger partial charge in [-0.3, -0.25) is 0 Å². The highest BCUT2D eigenvalue weighted by Crippen LogP contribution is 2.52. The molecule has 6 atom stereocenters. The first-order valence-electron chi connectivity index (χ1n) is 8.58. The lowest BCUT2D eigenvalue weighted by Gasteiger charge is -2.47. The van der Waals surface area contributed by atoms with E-state index in [1.54, 1.807) is 26.0 Å². The van der Waals surface area contributed by atoms with Gasteiger partial charge in [-0.1, -0.05) is 6.92 Å². The van der Waals surface area contributed by atoms with Crippen molar-refractivity contribution in [2.24, 2.45) is 0 Å². The number of rotatable bonds is 5. The lowest BCUT2D eigenvalue weighted by Crippen LogP contribution is -2.60. The van der Waals surface area contributed by atoms with E-state index < -0.39 is 36.0 Å². The molecule has 0 aromatic carbocycles. The fourth-order valence-corrected chi connectivity index (χ4v) is 5.01. The second-order valence-corrected chi connectivity index (χ2v) is 7.83. The lowest BCUT2D eigenvalue weighted by molar-refractivity contribution is -0.388. The minimum atomic E-state index is -1.06. The van der Waals surface area contributed by atoms with Crippen LogP contribution in [0, 0.1) is 0 Å². The fourth-order valence-electron chi connectivity index (χ4n) is 4.06. The Balaban J connectivity index is 1.91. The van der Waals surface area contributed by atoms with Crippen LogP contribution >= 0.6 is 11.8 Å². The van der Waals surface area contributed by atoms with Crippen molar-refractivity contribution in [2.45, 2.75) is 74.0 Å². The van der Waals surface area contributed by atoms with Gasteiger partial charge < -0.3 is 33.9 Å². The molecule has 1 saturated carbocycles. The van der Waals surface area contributed by atoms with Gasteiger partial charge in [0.05, 0.1) is 6.61 Å². The van der Waals surface area contributed by atoms with Crippen LogP contribution in [0.3, 0.4) is 0 Å². The van der Waals surface area contributed by atoms with Crippen molar-refractivity contribution in [1.29, 1.82) is 0 Å². The standard InChI is InChI=1S/C16H28O7S/c1-4-24-14-13-12(11(18)10(9-17)21-14)22-16(23-13)8-6-5-7-15(16,19-2)20-3/h10-14,17-18H,4-9H2,1-3H3/t10-,11-,12+,13+,14-,16-/m1/s1. The number of hydrogen-bond acceptors (Lipinski definition) is 8. The molecule has 0 aromatic rings. The summed E-state index contributed by atoms with van der Waals surface area (Å²) in [7, 11) is 3.18. The Morgan fingerprint density at radius 2 is 1.79 bits per heavy atom. The van der Waals surface area contributed by atoms with Crippen molar-refractivity contribution < 1.29 is 33.9 Å². The van der Waals surface area contributed by atoms with Crippen molar-refractivity contribution in [3.05, 3.63) is 0 Å². The maximum Gasteiger partial charge on any atom is 0.224 e. The highest BCUT2D eigenvalue weighted by molar-refractivity contribution is 7.99. The fraction of sp³-hybridized carbons (Fsp3) is 1.00. The van der Waals surface area contributed by atoms with Gasteiger partial charge >= 0.3 is 0 Å². The first-order chi connectivity index (χ1) is 11.6. The summed E-state index contributed by atoms with van der Waals surface area (Å²) in [6, 6.07) is 0. The van der Waals surface area contributed by atoms with E-state index in [2.05, 4.69) is 0 Å². The zero-order valence-corrected chi connectivity index (χ0v) is 15.3. The van der Waals surface area contributed by atoms with Crippen LogP contribution in [0.25, 0.3) is 0 Å². The Hall–Kier alpha value is 0.0700. The summed E-state index contributed by atoms with van der Waals surface area (Å²) in [5.41, 5.74) is -0.312. The van der Waals surface area contributed by atoms with Gasteiger partial charge in [-0.2, -0.15) is 0 Å². The van der Waals surface area contributed by atoms with E-state index in [4.69, 9.17) is 23.7 Å². The van der Waals surface area contributed by atoms with Gasteiger partial charge in [0.1, 0.15) is 29.9 Å². The van der Waals surface area contributed by atoms with E-state index in [9.17, 15) is 10.2 Å². The Labute approximate surface area is 146 Å². The maximum absolute atomic E-state index is 10.6. The van der Waals surface area contributed by atoms with Crippen LogP contribution in [-0.4, -0.2) is 78.2 Å². The second-order valence-electron chi connectivity index (χ2n) is 6.46. The average molecular weight is 364 g/mol. The Morgan fingerprint density at radius 3 is 2.42 bits per heavy atom. The molecule has 8 heteroatoms. The minimum absolute atomic E-state index is 0.263. The summed E-state index contributed by atoms with van der Waals surface area (Å²) in [4.78, 5) is 0. The summed E-state index contributed by atoms with van der Waals surface area (Å²) in [5, 5.41) is 20.1. The molecule has 2 N–H and O–H groups in total. The predicted molar refractivity (Wildman–Crippen MR) is 87.6 cm³/mol. The van der Waals surface area contributed by atoms with Crippen LogP contribution in [0.1, 0.15) is 32.6 Å². The minimum Gasteiger partial charge on any atom is -0.394 e. The number of aliphatic hydroxyl groups is 2. The predicted octanol–water partition coefficient (Wildman–Crippen LogP) is 0.861. The van der Waals surface area contributed by atoms with Crippen molar-refractivity contribution in [3.63, 3.8) is 0 Å². The molecule has 24 heavy (non-hydrogen) atoms. The van der Waals surface area contributed by atoms with E-state index in [-0.39, 0.29) is 12.0 Å². The lowest BCUT2D eigenvalue weighted by atomic mass is 9.87. The van der Waals surface area contributed by atoms with Crippen LogP contribution in [0.5, 0.6) is 0 Å². The third-order valence-corrected chi connectivity index (χ3v) is 6.33. The summed E-state index contributed by atoms with van der Waals surface area (Å²) >= 11 is 1.58. The molecule has 3 fully saturated rings. The molecule has 0 unspecified atom stereocenters. The van der Waals surface area contributed by atoms with Crippen LogP contribution < -0.4 is 0 Å². The molecule has 140 valence electrons. The van der Waals surface area contributed by atoms with Crippen molar-refractivity contribution in [3.8, 4) is 0 Å². The zero-order valence-electron chi connectivity index (χ0n) is 14.5. The molecule has 2 saturated heterocycles. The molecular weight excluding hydrogens is 336 g/mol. The number of fused-ring (bicyclic) bond motifs is 1. The number of methoxy groups -OCH3 is 2. The SMILES string of the molecule is CCS[C@H]1O[C@H](CO)[C@@H](O)[C@@H]2O[C@]3(CCCCC3(OC)OC)O[C@@H]21. The molecule has 0 aromatic heterocycles. The quantitative estimate of drug-likeness (QED) is 0.695. The summed E-state index contributed by atoms with van der Waals surface area (Å²) in [5.74, 6) is -1.23. The van der Waals surface area contributed by atoms with Gasteiger partial charge in [0.15, 0.2) is 0 Å². The molecule has 0 radical (unpaired) electrons. The van der Waals surface area contributed by atoms with E-state index in [0.29, 0.717) is 12.8 Å². The first kappa shape index (κ1) is 18.8. The van der Waals surface area contributed by atoms with Gasteiger partial charge in [0.25, 0.3) is 0 Å². The number of aliphatic hydroxyl groups excluding tert-OH is 2. The Kier molecular flexibility index (Phi) is 5.78. The van der Waals surface area contributed by atoms with Crippen LogP contribution in [0.15, 0.2) is 0 Å². The second kappa shape index (κ2) is 7.36. The monoisotopic (exact) mass is 364 g/mol. The average Bonchev–Trinajstić information content (AvgIpc) is 2.99. The zero-order chi connectivity index (χ0) is 17.4. The molecule has 1 aliphatic carbocycles. The van der Waals surface area contributed by atoms with Crippen molar-refractivity contribution in [1.82, 2.24) is 0 Å². The Bertz CT molecular complexity index is 425. The van der Waals surface area contributed by atoms with E-state index >= 15 is 0 Å². The molecule has 0 amide bonds. The smallest absolute Gasteiger partial charge is 0.224 e. The summed E-state index contributed by atoms with van der Waals surface area (Å²) in [6.07, 6.45) is 0.515. The molecule has 2 heterocycles. The molecule has 3 aliphatic rings. The topological polar surface area (TPSA) is 86.6 Å². The van der Waals surface area contributed by atoms with Crippen LogP contribution in [0.2, 0.25) is 0 Å². The van der Waals surface area contributed by atoms with E-state index in [1.807, 2.05) is 6.92 Å². The van der Waals surface area contributed by atoms with Gasteiger partial charge in [0.2, 0.25) is 11.6 Å². The largest absolute Gasteiger partial charge is 0.394 e. The third-order valence-electron chi connectivity index (χ3n) is 5.28. The van der Waals surface area contributed by atoms with Crippen molar-refractivity contribution >= 4 is 11.8 Å². The molecule has 3 rings (SSSR count). The highest BCUT2D eigenvalue weighted by atomic mass is 32.2. The van der Waals surface area contributed by atoms with Gasteiger partial charge in [-0.25, -0.2) is 0 Å². The molecule has 2 aliphatic heterocycles. The number of thioether (sulfide) groups is 1.